The molecule has 3 rings (SSSR count). The van der Waals surface area contributed by atoms with Crippen molar-refractivity contribution < 1.29 is 9.59 Å². The summed E-state index contributed by atoms with van der Waals surface area (Å²) >= 11 is 1.54. The summed E-state index contributed by atoms with van der Waals surface area (Å²) in [5.74, 6) is -0.443. The van der Waals surface area contributed by atoms with E-state index in [1.54, 1.807) is 47.7 Å². The monoisotopic (exact) mass is 350 g/mol. The molecule has 0 aliphatic carbocycles. The Labute approximate surface area is 150 Å². The Morgan fingerprint density at radius 2 is 1.64 bits per heavy atom. The van der Waals surface area contributed by atoms with E-state index in [0.29, 0.717) is 16.7 Å². The SMILES string of the molecule is Cc1nc(C(C)NC(=O)c2ccccc2C(=O)c2ccccc2)cs1. The van der Waals surface area contributed by atoms with Gasteiger partial charge in [-0.1, -0.05) is 48.5 Å². The van der Waals surface area contributed by atoms with Crippen molar-refractivity contribution in [2.24, 2.45) is 0 Å². The van der Waals surface area contributed by atoms with Crippen LogP contribution in [0.5, 0.6) is 0 Å². The molecule has 1 aromatic heterocycles. The second-order valence-electron chi connectivity index (χ2n) is 5.73. The highest BCUT2D eigenvalue weighted by Gasteiger charge is 2.20. The second kappa shape index (κ2) is 7.40. The number of thiazole rings is 1. The summed E-state index contributed by atoms with van der Waals surface area (Å²) in [6.07, 6.45) is 0. The van der Waals surface area contributed by atoms with Crippen molar-refractivity contribution in [3.63, 3.8) is 0 Å². The Morgan fingerprint density at radius 3 is 2.28 bits per heavy atom. The molecule has 3 aromatic rings. The highest BCUT2D eigenvalue weighted by Crippen LogP contribution is 2.19. The molecule has 0 saturated carbocycles. The van der Waals surface area contributed by atoms with Crippen LogP contribution < -0.4 is 5.32 Å². The van der Waals surface area contributed by atoms with Crippen LogP contribution in [0, 0.1) is 6.92 Å². The van der Waals surface area contributed by atoms with Crippen molar-refractivity contribution in [3.05, 3.63) is 87.4 Å². The minimum absolute atomic E-state index is 0.163. The lowest BCUT2D eigenvalue weighted by Gasteiger charge is -2.14. The molecule has 0 aliphatic heterocycles. The summed E-state index contributed by atoms with van der Waals surface area (Å²) in [7, 11) is 0. The van der Waals surface area contributed by atoms with Crippen molar-refractivity contribution >= 4 is 23.0 Å². The van der Waals surface area contributed by atoms with Crippen LogP contribution in [0.25, 0.3) is 0 Å². The first-order chi connectivity index (χ1) is 12.1. The smallest absolute Gasteiger partial charge is 0.252 e. The molecule has 126 valence electrons. The van der Waals surface area contributed by atoms with Gasteiger partial charge in [-0.15, -0.1) is 11.3 Å². The number of nitrogens with one attached hydrogen (secondary N) is 1. The van der Waals surface area contributed by atoms with Crippen LogP contribution in [0.15, 0.2) is 60.0 Å². The maximum atomic E-state index is 12.7. The molecule has 0 fully saturated rings. The fourth-order valence-electron chi connectivity index (χ4n) is 2.55. The normalized spacial score (nSPS) is 11.8. The first kappa shape index (κ1) is 17.0. The largest absolute Gasteiger partial charge is 0.344 e. The van der Waals surface area contributed by atoms with Crippen LogP contribution in [0.1, 0.15) is 49.9 Å². The Balaban J connectivity index is 1.85. The van der Waals surface area contributed by atoms with Gasteiger partial charge in [-0.25, -0.2) is 4.98 Å². The van der Waals surface area contributed by atoms with E-state index in [1.165, 1.54) is 0 Å². The van der Waals surface area contributed by atoms with Crippen LogP contribution in [-0.2, 0) is 0 Å². The zero-order valence-corrected chi connectivity index (χ0v) is 14.8. The molecular weight excluding hydrogens is 332 g/mol. The van der Waals surface area contributed by atoms with Crippen LogP contribution in [0.3, 0.4) is 0 Å². The highest BCUT2D eigenvalue weighted by atomic mass is 32.1. The van der Waals surface area contributed by atoms with Crippen molar-refractivity contribution in [1.29, 1.82) is 0 Å². The van der Waals surface area contributed by atoms with Gasteiger partial charge >= 0.3 is 0 Å². The third-order valence-electron chi connectivity index (χ3n) is 3.88. The summed E-state index contributed by atoms with van der Waals surface area (Å²) in [4.78, 5) is 29.8. The summed E-state index contributed by atoms with van der Waals surface area (Å²) in [6.45, 7) is 3.81. The predicted octanol–water partition coefficient (Wildman–Crippen LogP) is 4.17. The molecule has 1 heterocycles. The fraction of sp³-hybridized carbons (Fsp3) is 0.150. The Morgan fingerprint density at radius 1 is 1.00 bits per heavy atom. The number of hydrogen-bond donors (Lipinski definition) is 1. The van der Waals surface area contributed by atoms with Crippen LogP contribution >= 0.6 is 11.3 Å². The van der Waals surface area contributed by atoms with Gasteiger partial charge in [0.05, 0.1) is 22.3 Å². The predicted molar refractivity (Wildman–Crippen MR) is 99.0 cm³/mol. The minimum atomic E-state index is -0.280. The number of amides is 1. The maximum absolute atomic E-state index is 12.7. The lowest BCUT2D eigenvalue weighted by atomic mass is 9.98. The molecule has 4 nitrogen and oxygen atoms in total. The van der Waals surface area contributed by atoms with Gasteiger partial charge in [-0.3, -0.25) is 9.59 Å². The van der Waals surface area contributed by atoms with Gasteiger partial charge in [0.2, 0.25) is 0 Å². The van der Waals surface area contributed by atoms with Crippen molar-refractivity contribution in [2.75, 3.05) is 0 Å². The van der Waals surface area contributed by atoms with Crippen LogP contribution in [0.2, 0.25) is 0 Å². The minimum Gasteiger partial charge on any atom is -0.344 e. The topological polar surface area (TPSA) is 59.1 Å². The third-order valence-corrected chi connectivity index (χ3v) is 4.67. The average Bonchev–Trinajstić information content (AvgIpc) is 3.08. The first-order valence-electron chi connectivity index (χ1n) is 7.98. The van der Waals surface area contributed by atoms with E-state index in [0.717, 1.165) is 10.7 Å². The number of hydrogen-bond acceptors (Lipinski definition) is 4. The molecule has 1 amide bonds. The zero-order chi connectivity index (χ0) is 17.8. The second-order valence-corrected chi connectivity index (χ2v) is 6.79. The summed E-state index contributed by atoms with van der Waals surface area (Å²) < 4.78 is 0. The lowest BCUT2D eigenvalue weighted by Crippen LogP contribution is -2.28. The zero-order valence-electron chi connectivity index (χ0n) is 14.0. The average molecular weight is 350 g/mol. The molecule has 0 bridgehead atoms. The van der Waals surface area contributed by atoms with E-state index in [4.69, 9.17) is 0 Å². The number of aromatic nitrogens is 1. The van der Waals surface area contributed by atoms with Gasteiger partial charge in [0.25, 0.3) is 5.91 Å². The molecule has 1 N–H and O–H groups in total. The molecular formula is C20H18N2O2S. The molecule has 0 saturated heterocycles. The number of ketones is 1. The van der Waals surface area contributed by atoms with Crippen molar-refractivity contribution in [2.45, 2.75) is 19.9 Å². The summed E-state index contributed by atoms with van der Waals surface area (Å²) in [6, 6.07) is 15.6. The number of carbonyl (C=O) groups excluding carboxylic acids is 2. The molecule has 0 spiro atoms. The first-order valence-corrected chi connectivity index (χ1v) is 8.86. The fourth-order valence-corrected chi connectivity index (χ4v) is 3.26. The number of rotatable bonds is 5. The Hall–Kier alpha value is -2.79. The van der Waals surface area contributed by atoms with Gasteiger partial charge in [0.15, 0.2) is 5.78 Å². The highest BCUT2D eigenvalue weighted by molar-refractivity contribution is 7.09. The van der Waals surface area contributed by atoms with E-state index >= 15 is 0 Å². The molecule has 1 unspecified atom stereocenters. The van der Waals surface area contributed by atoms with E-state index in [2.05, 4.69) is 10.3 Å². The number of nitrogens with zero attached hydrogens (tertiary/aromatic N) is 1. The Bertz CT molecular complexity index is 903. The molecule has 5 heteroatoms. The van der Waals surface area contributed by atoms with E-state index in [1.807, 2.05) is 37.4 Å². The number of aryl methyl sites for hydroxylation is 1. The van der Waals surface area contributed by atoms with E-state index in [-0.39, 0.29) is 17.7 Å². The Kier molecular flexibility index (Phi) is 5.05. The van der Waals surface area contributed by atoms with Crippen molar-refractivity contribution in [1.82, 2.24) is 10.3 Å². The summed E-state index contributed by atoms with van der Waals surface area (Å²) in [5.41, 5.74) is 2.15. The molecule has 2 aromatic carbocycles. The van der Waals surface area contributed by atoms with E-state index in [9.17, 15) is 9.59 Å². The lowest BCUT2D eigenvalue weighted by molar-refractivity contribution is 0.0929. The molecule has 25 heavy (non-hydrogen) atoms. The summed E-state index contributed by atoms with van der Waals surface area (Å²) in [5, 5.41) is 5.81. The van der Waals surface area contributed by atoms with Gasteiger partial charge in [0, 0.05) is 16.5 Å². The maximum Gasteiger partial charge on any atom is 0.252 e. The third kappa shape index (κ3) is 3.83. The van der Waals surface area contributed by atoms with Gasteiger partial charge < -0.3 is 5.32 Å². The van der Waals surface area contributed by atoms with Crippen LogP contribution in [0.4, 0.5) is 0 Å². The van der Waals surface area contributed by atoms with Gasteiger partial charge in [0.1, 0.15) is 0 Å². The molecule has 0 radical (unpaired) electrons. The quantitative estimate of drug-likeness (QED) is 0.703. The van der Waals surface area contributed by atoms with Crippen molar-refractivity contribution in [3.8, 4) is 0 Å². The number of benzene rings is 2. The van der Waals surface area contributed by atoms with E-state index < -0.39 is 0 Å². The standard InChI is InChI=1S/C20H18N2O2S/c1-13(18-12-25-14(2)22-18)21-20(24)17-11-7-6-10-16(17)19(23)15-8-4-3-5-9-15/h3-13H,1-2H3,(H,21,24). The van der Waals surface area contributed by atoms with Gasteiger partial charge in [-0.2, -0.15) is 0 Å². The number of carbonyl (C=O) groups is 2. The van der Waals surface area contributed by atoms with Gasteiger partial charge in [-0.05, 0) is 19.9 Å². The molecule has 1 atom stereocenters. The van der Waals surface area contributed by atoms with Crippen LogP contribution in [-0.4, -0.2) is 16.7 Å². The molecule has 0 aliphatic rings.